The molecule has 1 unspecified atom stereocenters. The molecule has 0 spiro atoms. The second-order valence-corrected chi connectivity index (χ2v) is 5.39. The van der Waals surface area contributed by atoms with E-state index in [0.29, 0.717) is 0 Å². The van der Waals surface area contributed by atoms with Crippen molar-refractivity contribution in [2.75, 3.05) is 13.2 Å². The van der Waals surface area contributed by atoms with Gasteiger partial charge in [0.1, 0.15) is 5.54 Å². The minimum atomic E-state index is -0.380. The molecule has 17 heavy (non-hydrogen) atoms. The van der Waals surface area contributed by atoms with Crippen LogP contribution in [0.15, 0.2) is 0 Å². The summed E-state index contributed by atoms with van der Waals surface area (Å²) in [5, 5.41) is 12.3. The van der Waals surface area contributed by atoms with Gasteiger partial charge in [-0.2, -0.15) is 5.26 Å². The number of nitriles is 1. The molecule has 0 aliphatic rings. The zero-order valence-electron chi connectivity index (χ0n) is 12.1. The molecule has 1 atom stereocenters. The molecule has 0 bridgehead atoms. The lowest BCUT2D eigenvalue weighted by molar-refractivity contribution is -0.0219. The molecule has 0 saturated heterocycles. The summed E-state index contributed by atoms with van der Waals surface area (Å²) < 4.78 is 5.78. The number of nitrogens with zero attached hydrogens (tertiary/aromatic N) is 1. The van der Waals surface area contributed by atoms with Crippen molar-refractivity contribution >= 4 is 0 Å². The third-order valence-electron chi connectivity index (χ3n) is 3.23. The van der Waals surface area contributed by atoms with Crippen molar-refractivity contribution in [3.8, 4) is 6.07 Å². The van der Waals surface area contributed by atoms with Gasteiger partial charge in [-0.1, -0.05) is 13.8 Å². The maximum atomic E-state index is 9.10. The Morgan fingerprint density at radius 2 is 1.82 bits per heavy atom. The van der Waals surface area contributed by atoms with Gasteiger partial charge >= 0.3 is 0 Å². The lowest BCUT2D eigenvalue weighted by Gasteiger charge is -2.25. The van der Waals surface area contributed by atoms with Crippen LogP contribution in [0.1, 0.15) is 60.3 Å². The molecular formula is C14H28N2O. The van der Waals surface area contributed by atoms with E-state index in [2.05, 4.69) is 32.2 Å². The summed E-state index contributed by atoms with van der Waals surface area (Å²) in [6, 6.07) is 2.35. The van der Waals surface area contributed by atoms with Crippen molar-refractivity contribution in [1.82, 2.24) is 5.32 Å². The van der Waals surface area contributed by atoms with Gasteiger partial charge in [-0.25, -0.2) is 0 Å². The van der Waals surface area contributed by atoms with Crippen molar-refractivity contribution in [2.24, 2.45) is 0 Å². The number of hydrogen-bond acceptors (Lipinski definition) is 3. The van der Waals surface area contributed by atoms with Crippen molar-refractivity contribution in [2.45, 2.75) is 71.4 Å². The van der Waals surface area contributed by atoms with Gasteiger partial charge in [0.15, 0.2) is 0 Å². The van der Waals surface area contributed by atoms with Gasteiger partial charge < -0.3 is 4.74 Å². The maximum Gasteiger partial charge on any atom is 0.103 e. The summed E-state index contributed by atoms with van der Waals surface area (Å²) in [5.41, 5.74) is -0.394. The molecule has 0 aromatic heterocycles. The van der Waals surface area contributed by atoms with E-state index in [0.717, 1.165) is 38.8 Å². The largest absolute Gasteiger partial charge is 0.376 e. The van der Waals surface area contributed by atoms with Crippen LogP contribution in [-0.4, -0.2) is 24.3 Å². The van der Waals surface area contributed by atoms with Crippen LogP contribution in [0.25, 0.3) is 0 Å². The molecule has 0 radical (unpaired) electrons. The summed E-state index contributed by atoms with van der Waals surface area (Å²) in [5.74, 6) is 0. The number of rotatable bonds is 9. The lowest BCUT2D eigenvalue weighted by Crippen LogP contribution is -2.40. The Kier molecular flexibility index (Phi) is 7.41. The van der Waals surface area contributed by atoms with E-state index >= 15 is 0 Å². The van der Waals surface area contributed by atoms with Crippen molar-refractivity contribution in [3.63, 3.8) is 0 Å². The predicted molar refractivity (Wildman–Crippen MR) is 71.9 cm³/mol. The fourth-order valence-electron chi connectivity index (χ4n) is 1.61. The minimum Gasteiger partial charge on any atom is -0.376 e. The fourth-order valence-corrected chi connectivity index (χ4v) is 1.61. The standard InChI is InChI=1S/C14H28N2O/c1-6-13(3,4)17-11-9-8-10-14(5,12-15)16-7-2/h16H,6-11H2,1-5H3. The van der Waals surface area contributed by atoms with Crippen LogP contribution in [0.5, 0.6) is 0 Å². The van der Waals surface area contributed by atoms with E-state index in [4.69, 9.17) is 10.00 Å². The van der Waals surface area contributed by atoms with Gasteiger partial charge in [0.2, 0.25) is 0 Å². The van der Waals surface area contributed by atoms with E-state index in [9.17, 15) is 0 Å². The second-order valence-electron chi connectivity index (χ2n) is 5.39. The molecule has 0 fully saturated rings. The minimum absolute atomic E-state index is 0.0137. The van der Waals surface area contributed by atoms with Gasteiger partial charge in [0, 0.05) is 6.61 Å². The average molecular weight is 240 g/mol. The molecular weight excluding hydrogens is 212 g/mol. The van der Waals surface area contributed by atoms with Gasteiger partial charge in [-0.15, -0.1) is 0 Å². The Morgan fingerprint density at radius 3 is 2.29 bits per heavy atom. The van der Waals surface area contributed by atoms with E-state index < -0.39 is 0 Å². The van der Waals surface area contributed by atoms with Crippen molar-refractivity contribution < 1.29 is 4.74 Å². The van der Waals surface area contributed by atoms with E-state index in [-0.39, 0.29) is 11.1 Å². The molecule has 0 aromatic carbocycles. The quantitative estimate of drug-likeness (QED) is 0.629. The van der Waals surface area contributed by atoms with Crippen LogP contribution < -0.4 is 5.32 Å². The van der Waals surface area contributed by atoms with E-state index in [1.807, 2.05) is 13.8 Å². The zero-order chi connectivity index (χ0) is 13.4. The van der Waals surface area contributed by atoms with Crippen LogP contribution in [0, 0.1) is 11.3 Å². The molecule has 0 heterocycles. The number of hydrogen-bond donors (Lipinski definition) is 1. The molecule has 0 saturated carbocycles. The highest BCUT2D eigenvalue weighted by molar-refractivity contribution is 5.03. The Hall–Kier alpha value is -0.590. The first-order chi connectivity index (χ1) is 7.89. The summed E-state index contributed by atoms with van der Waals surface area (Å²) in [6.07, 6.45) is 3.95. The van der Waals surface area contributed by atoms with Crippen LogP contribution in [0.4, 0.5) is 0 Å². The molecule has 0 aromatic rings. The summed E-state index contributed by atoms with van der Waals surface area (Å²) in [6.45, 7) is 12.0. The summed E-state index contributed by atoms with van der Waals surface area (Å²) in [4.78, 5) is 0. The predicted octanol–water partition coefficient (Wildman–Crippen LogP) is 3.25. The molecule has 3 heteroatoms. The molecule has 3 nitrogen and oxygen atoms in total. The first-order valence-electron chi connectivity index (χ1n) is 6.69. The Bertz CT molecular complexity index is 245. The topological polar surface area (TPSA) is 45.0 Å². The number of nitrogens with one attached hydrogen (secondary N) is 1. The Morgan fingerprint density at radius 1 is 1.18 bits per heavy atom. The molecule has 0 amide bonds. The summed E-state index contributed by atoms with van der Waals surface area (Å²) in [7, 11) is 0. The van der Waals surface area contributed by atoms with Crippen molar-refractivity contribution in [1.29, 1.82) is 5.26 Å². The van der Waals surface area contributed by atoms with Crippen LogP contribution >= 0.6 is 0 Å². The monoisotopic (exact) mass is 240 g/mol. The third kappa shape index (κ3) is 7.36. The highest BCUT2D eigenvalue weighted by Gasteiger charge is 2.21. The normalized spacial score (nSPS) is 15.3. The smallest absolute Gasteiger partial charge is 0.103 e. The number of unbranched alkanes of at least 4 members (excludes halogenated alkanes) is 1. The molecule has 0 aliphatic carbocycles. The summed E-state index contributed by atoms with van der Waals surface area (Å²) >= 11 is 0. The van der Waals surface area contributed by atoms with Gasteiger partial charge in [0.05, 0.1) is 11.7 Å². The first-order valence-corrected chi connectivity index (χ1v) is 6.69. The first kappa shape index (κ1) is 16.4. The molecule has 0 aliphatic heterocycles. The lowest BCUT2D eigenvalue weighted by atomic mass is 9.96. The average Bonchev–Trinajstić information content (AvgIpc) is 2.29. The third-order valence-corrected chi connectivity index (χ3v) is 3.23. The van der Waals surface area contributed by atoms with E-state index in [1.54, 1.807) is 0 Å². The van der Waals surface area contributed by atoms with E-state index in [1.165, 1.54) is 0 Å². The second kappa shape index (κ2) is 7.68. The van der Waals surface area contributed by atoms with Crippen LogP contribution in [-0.2, 0) is 4.74 Å². The fraction of sp³-hybridized carbons (Fsp3) is 0.929. The maximum absolute atomic E-state index is 9.10. The van der Waals surface area contributed by atoms with Gasteiger partial charge in [-0.3, -0.25) is 5.32 Å². The highest BCUT2D eigenvalue weighted by Crippen LogP contribution is 2.16. The van der Waals surface area contributed by atoms with Crippen LogP contribution in [0.2, 0.25) is 0 Å². The molecule has 1 N–H and O–H groups in total. The Balaban J connectivity index is 3.74. The number of ether oxygens (including phenoxy) is 1. The molecule has 100 valence electrons. The highest BCUT2D eigenvalue weighted by atomic mass is 16.5. The Labute approximate surface area is 107 Å². The molecule has 0 rings (SSSR count). The van der Waals surface area contributed by atoms with Gasteiger partial charge in [0.25, 0.3) is 0 Å². The zero-order valence-corrected chi connectivity index (χ0v) is 12.1. The SMILES string of the molecule is CCNC(C)(C#N)CCCCOC(C)(C)CC. The van der Waals surface area contributed by atoms with Crippen molar-refractivity contribution in [3.05, 3.63) is 0 Å². The van der Waals surface area contributed by atoms with Crippen LogP contribution in [0.3, 0.4) is 0 Å². The van der Waals surface area contributed by atoms with Gasteiger partial charge in [-0.05, 0) is 53.0 Å².